The first-order valence-electron chi connectivity index (χ1n) is 9.29. The lowest BCUT2D eigenvalue weighted by Crippen LogP contribution is -2.42. The molecule has 11 heteroatoms. The molecule has 2 aromatic heterocycles. The van der Waals surface area contributed by atoms with Gasteiger partial charge in [-0.05, 0) is 19.1 Å². The van der Waals surface area contributed by atoms with Crippen LogP contribution in [0.5, 0.6) is 11.5 Å². The monoisotopic (exact) mass is 438 g/mol. The van der Waals surface area contributed by atoms with E-state index in [1.165, 1.54) is 21.1 Å². The van der Waals surface area contributed by atoms with Crippen LogP contribution in [0.2, 0.25) is 0 Å². The van der Waals surface area contributed by atoms with Gasteiger partial charge in [0.05, 0.1) is 32.1 Å². The number of benzene rings is 1. The van der Waals surface area contributed by atoms with Gasteiger partial charge in [-0.1, -0.05) is 0 Å². The van der Waals surface area contributed by atoms with Crippen LogP contribution in [-0.2, 0) is 4.74 Å². The first-order valence-corrected chi connectivity index (χ1v) is 9.29. The van der Waals surface area contributed by atoms with E-state index in [9.17, 15) is 23.8 Å². The Labute approximate surface area is 174 Å². The summed E-state index contributed by atoms with van der Waals surface area (Å²) in [6, 6.07) is 4.98. The fourth-order valence-corrected chi connectivity index (χ4v) is 3.57. The van der Waals surface area contributed by atoms with Gasteiger partial charge in [0.25, 0.3) is 0 Å². The highest BCUT2D eigenvalue weighted by Gasteiger charge is 2.59. The molecule has 0 amide bonds. The zero-order valence-corrected chi connectivity index (χ0v) is 16.8. The number of aliphatic hydroxyl groups excluding tert-OH is 2. The third-order valence-electron chi connectivity index (χ3n) is 5.23. The van der Waals surface area contributed by atoms with Crippen LogP contribution >= 0.6 is 0 Å². The molecule has 3 aromatic rings. The Bertz CT molecular complexity index is 1190. The van der Waals surface area contributed by atoms with Gasteiger partial charge in [0.2, 0.25) is 6.23 Å². The van der Waals surface area contributed by atoms with E-state index in [0.717, 1.165) is 6.20 Å². The Hall–Kier alpha value is -3.02. The molecule has 4 rings (SSSR count). The highest BCUT2D eigenvalue weighted by molar-refractivity contribution is 5.89. The molecule has 166 valence electrons. The van der Waals surface area contributed by atoms with Gasteiger partial charge in [0.15, 0.2) is 17.4 Å². The second-order valence-electron chi connectivity index (χ2n) is 7.12. The fourth-order valence-electron chi connectivity index (χ4n) is 3.57. The number of alkyl halides is 2. The van der Waals surface area contributed by atoms with E-state index in [1.807, 2.05) is 0 Å². The van der Waals surface area contributed by atoms with Gasteiger partial charge < -0.3 is 28.8 Å². The smallest absolute Gasteiger partial charge is 0.350 e. The van der Waals surface area contributed by atoms with Gasteiger partial charge >= 0.3 is 11.6 Å². The predicted octanol–water partition coefficient (Wildman–Crippen LogP) is 1.87. The van der Waals surface area contributed by atoms with E-state index in [2.05, 4.69) is 4.98 Å². The molecule has 31 heavy (non-hydrogen) atoms. The number of methoxy groups -OCH3 is 2. The van der Waals surface area contributed by atoms with Crippen LogP contribution in [0.3, 0.4) is 0 Å². The number of aryl methyl sites for hydroxylation is 1. The molecule has 0 spiro atoms. The standard InChI is InChI=1S/C20H20F2N2O7/c1-9-12(13-5-10-4-11(28-2)6-14(29-3)16(10)30-13)7-24(19(27)23-9)18-20(21,22)17(26)15(8-25)31-18/h4-7,15,17-18,25-26H,8H2,1-3H3. The molecule has 3 unspecified atom stereocenters. The van der Waals surface area contributed by atoms with Crippen LogP contribution < -0.4 is 15.2 Å². The minimum absolute atomic E-state index is 0.242. The number of ether oxygens (including phenoxy) is 3. The van der Waals surface area contributed by atoms with Crippen LogP contribution in [0, 0.1) is 6.92 Å². The molecule has 1 aliphatic heterocycles. The molecule has 0 aliphatic carbocycles. The van der Waals surface area contributed by atoms with E-state index in [1.54, 1.807) is 18.2 Å². The SMILES string of the molecule is COc1cc(OC)c2oc(-c3cn(C4OC(CO)C(O)C4(F)F)c(=O)nc3C)cc2c1. The van der Waals surface area contributed by atoms with Crippen molar-refractivity contribution in [3.05, 3.63) is 40.6 Å². The van der Waals surface area contributed by atoms with Crippen LogP contribution in [0.4, 0.5) is 8.78 Å². The quantitative estimate of drug-likeness (QED) is 0.620. The summed E-state index contributed by atoms with van der Waals surface area (Å²) in [6.07, 6.45) is -4.82. The van der Waals surface area contributed by atoms with Crippen molar-refractivity contribution >= 4 is 11.0 Å². The predicted molar refractivity (Wildman–Crippen MR) is 103 cm³/mol. The lowest BCUT2D eigenvalue weighted by molar-refractivity contribution is -0.140. The maximum absolute atomic E-state index is 14.6. The van der Waals surface area contributed by atoms with Crippen LogP contribution in [0.1, 0.15) is 11.9 Å². The summed E-state index contributed by atoms with van der Waals surface area (Å²) < 4.78 is 51.2. The van der Waals surface area contributed by atoms with E-state index in [0.29, 0.717) is 27.0 Å². The topological polar surface area (TPSA) is 116 Å². The third kappa shape index (κ3) is 3.34. The number of rotatable bonds is 5. The lowest BCUT2D eigenvalue weighted by atomic mass is 10.1. The number of nitrogens with zero attached hydrogens (tertiary/aromatic N) is 2. The van der Waals surface area contributed by atoms with E-state index in [-0.39, 0.29) is 17.0 Å². The summed E-state index contributed by atoms with van der Waals surface area (Å²) in [5, 5.41) is 19.6. The van der Waals surface area contributed by atoms with Crippen LogP contribution in [0.15, 0.2) is 33.6 Å². The van der Waals surface area contributed by atoms with Crippen molar-refractivity contribution in [2.24, 2.45) is 0 Å². The molecule has 1 saturated heterocycles. The number of hydrogen-bond acceptors (Lipinski definition) is 8. The molecule has 3 heterocycles. The van der Waals surface area contributed by atoms with Crippen LogP contribution in [-0.4, -0.2) is 58.7 Å². The summed E-state index contributed by atoms with van der Waals surface area (Å²) in [5.41, 5.74) is -0.0919. The van der Waals surface area contributed by atoms with Gasteiger partial charge in [-0.15, -0.1) is 0 Å². The molecule has 3 atom stereocenters. The molecule has 2 N–H and O–H groups in total. The normalized spacial score (nSPS) is 22.7. The summed E-state index contributed by atoms with van der Waals surface area (Å²) in [4.78, 5) is 16.2. The number of hydrogen-bond donors (Lipinski definition) is 2. The minimum Gasteiger partial charge on any atom is -0.497 e. The molecule has 9 nitrogen and oxygen atoms in total. The average Bonchev–Trinajstić information content (AvgIpc) is 3.26. The van der Waals surface area contributed by atoms with Crippen molar-refractivity contribution in [2.75, 3.05) is 20.8 Å². The molecule has 1 fully saturated rings. The summed E-state index contributed by atoms with van der Waals surface area (Å²) >= 11 is 0. The summed E-state index contributed by atoms with van der Waals surface area (Å²) in [7, 11) is 2.97. The fraction of sp³-hybridized carbons (Fsp3) is 0.400. The Kier molecular flexibility index (Phi) is 5.20. The molecule has 0 bridgehead atoms. The summed E-state index contributed by atoms with van der Waals surface area (Å²) in [6.45, 7) is 0.699. The van der Waals surface area contributed by atoms with E-state index >= 15 is 0 Å². The largest absolute Gasteiger partial charge is 0.497 e. The van der Waals surface area contributed by atoms with Gasteiger partial charge in [-0.3, -0.25) is 4.57 Å². The highest BCUT2D eigenvalue weighted by Crippen LogP contribution is 2.43. The Morgan fingerprint density at radius 2 is 2.00 bits per heavy atom. The lowest BCUT2D eigenvalue weighted by Gasteiger charge is -2.21. The highest BCUT2D eigenvalue weighted by atomic mass is 19.3. The van der Waals surface area contributed by atoms with Crippen LogP contribution in [0.25, 0.3) is 22.3 Å². The molecular weight excluding hydrogens is 418 g/mol. The van der Waals surface area contributed by atoms with Gasteiger partial charge in [-0.25, -0.2) is 4.79 Å². The number of halogens is 2. The van der Waals surface area contributed by atoms with Crippen molar-refractivity contribution in [2.45, 2.75) is 31.3 Å². The second kappa shape index (κ2) is 7.59. The molecular formula is C20H20F2N2O7. The molecule has 0 saturated carbocycles. The Morgan fingerprint density at radius 1 is 1.26 bits per heavy atom. The molecule has 1 aromatic carbocycles. The van der Waals surface area contributed by atoms with Gasteiger partial charge in [0, 0.05) is 17.6 Å². The van der Waals surface area contributed by atoms with Crippen molar-refractivity contribution < 1.29 is 37.6 Å². The van der Waals surface area contributed by atoms with Crippen molar-refractivity contribution in [3.63, 3.8) is 0 Å². The number of aliphatic hydroxyl groups is 2. The Morgan fingerprint density at radius 3 is 2.61 bits per heavy atom. The van der Waals surface area contributed by atoms with E-state index in [4.69, 9.17) is 18.6 Å². The number of aromatic nitrogens is 2. The van der Waals surface area contributed by atoms with Crippen molar-refractivity contribution in [3.8, 4) is 22.8 Å². The maximum Gasteiger partial charge on any atom is 0.350 e. The zero-order chi connectivity index (χ0) is 22.5. The molecule has 0 radical (unpaired) electrons. The zero-order valence-electron chi connectivity index (χ0n) is 16.8. The summed E-state index contributed by atoms with van der Waals surface area (Å²) in [5.74, 6) is -2.64. The number of furan rings is 1. The first kappa shape index (κ1) is 21.2. The Balaban J connectivity index is 1.85. The van der Waals surface area contributed by atoms with Crippen molar-refractivity contribution in [1.82, 2.24) is 9.55 Å². The van der Waals surface area contributed by atoms with Gasteiger partial charge in [-0.2, -0.15) is 13.8 Å². The third-order valence-corrected chi connectivity index (χ3v) is 5.23. The number of fused-ring (bicyclic) bond motifs is 1. The van der Waals surface area contributed by atoms with E-state index < -0.39 is 36.7 Å². The minimum atomic E-state index is -3.82. The molecule has 1 aliphatic rings. The second-order valence-corrected chi connectivity index (χ2v) is 7.12. The van der Waals surface area contributed by atoms with Crippen molar-refractivity contribution in [1.29, 1.82) is 0 Å². The first-order chi connectivity index (χ1) is 14.7. The average molecular weight is 438 g/mol. The maximum atomic E-state index is 14.6. The van der Waals surface area contributed by atoms with Gasteiger partial charge in [0.1, 0.15) is 17.6 Å².